The number of aryl methyl sites for hydroxylation is 1. The fourth-order valence-corrected chi connectivity index (χ4v) is 1.28. The van der Waals surface area contributed by atoms with Crippen molar-refractivity contribution in [3.63, 3.8) is 0 Å². The van der Waals surface area contributed by atoms with Gasteiger partial charge in [-0.2, -0.15) is 0 Å². The highest BCUT2D eigenvalue weighted by Crippen LogP contribution is 2.04. The molecule has 0 aliphatic rings. The molecule has 0 aromatic carbocycles. The molecule has 2 rings (SSSR count). The van der Waals surface area contributed by atoms with Gasteiger partial charge in [0.05, 0.1) is 18.6 Å². The molecule has 2 heterocycles. The molecule has 5 heteroatoms. The SMILES string of the molecule is Cc1cc(Cn2cnc(CN)c2)no1. The van der Waals surface area contributed by atoms with Gasteiger partial charge in [0.1, 0.15) is 11.5 Å². The Labute approximate surface area is 81.5 Å². The van der Waals surface area contributed by atoms with E-state index in [0.29, 0.717) is 13.1 Å². The van der Waals surface area contributed by atoms with Crippen LogP contribution in [0.5, 0.6) is 0 Å². The van der Waals surface area contributed by atoms with Gasteiger partial charge in [-0.3, -0.25) is 0 Å². The average Bonchev–Trinajstić information content (AvgIpc) is 2.76. The first-order valence-electron chi connectivity index (χ1n) is 4.41. The van der Waals surface area contributed by atoms with Crippen molar-refractivity contribution in [2.45, 2.75) is 20.0 Å². The quantitative estimate of drug-likeness (QED) is 0.776. The van der Waals surface area contributed by atoms with Gasteiger partial charge in [-0.05, 0) is 6.92 Å². The lowest BCUT2D eigenvalue weighted by molar-refractivity contribution is 0.389. The van der Waals surface area contributed by atoms with Crippen LogP contribution in [-0.2, 0) is 13.1 Å². The summed E-state index contributed by atoms with van der Waals surface area (Å²) in [7, 11) is 0. The molecular formula is C9H12N4O. The minimum Gasteiger partial charge on any atom is -0.361 e. The van der Waals surface area contributed by atoms with Crippen molar-refractivity contribution in [2.24, 2.45) is 5.73 Å². The van der Waals surface area contributed by atoms with Crippen LogP contribution in [0.25, 0.3) is 0 Å². The van der Waals surface area contributed by atoms with Gasteiger partial charge in [0, 0.05) is 18.8 Å². The van der Waals surface area contributed by atoms with Crippen LogP contribution in [0.2, 0.25) is 0 Å². The Morgan fingerprint density at radius 1 is 1.50 bits per heavy atom. The first-order valence-corrected chi connectivity index (χ1v) is 4.41. The second-order valence-electron chi connectivity index (χ2n) is 3.17. The van der Waals surface area contributed by atoms with E-state index in [1.54, 1.807) is 6.33 Å². The summed E-state index contributed by atoms with van der Waals surface area (Å²) in [6, 6.07) is 1.90. The van der Waals surface area contributed by atoms with Gasteiger partial charge in [0.15, 0.2) is 0 Å². The lowest BCUT2D eigenvalue weighted by Gasteiger charge is -1.95. The molecule has 0 bridgehead atoms. The molecule has 0 unspecified atom stereocenters. The number of aromatic nitrogens is 3. The van der Waals surface area contributed by atoms with Gasteiger partial charge in [-0.1, -0.05) is 5.16 Å². The largest absolute Gasteiger partial charge is 0.361 e. The molecule has 0 atom stereocenters. The third kappa shape index (κ3) is 1.82. The summed E-state index contributed by atoms with van der Waals surface area (Å²) in [5.41, 5.74) is 7.22. The molecule has 0 saturated carbocycles. The molecular weight excluding hydrogens is 180 g/mol. The number of hydrogen-bond acceptors (Lipinski definition) is 4. The molecule has 2 aromatic heterocycles. The maximum absolute atomic E-state index is 5.45. The van der Waals surface area contributed by atoms with Crippen LogP contribution in [0, 0.1) is 6.92 Å². The highest BCUT2D eigenvalue weighted by atomic mass is 16.5. The van der Waals surface area contributed by atoms with Crippen molar-refractivity contribution in [1.29, 1.82) is 0 Å². The molecule has 0 aliphatic carbocycles. The number of rotatable bonds is 3. The molecule has 0 fully saturated rings. The maximum Gasteiger partial charge on any atom is 0.133 e. The standard InChI is InChI=1S/C9H12N4O/c1-7-2-8(12-14-7)4-13-5-9(3-10)11-6-13/h2,5-6H,3-4,10H2,1H3. The van der Waals surface area contributed by atoms with E-state index in [1.807, 2.05) is 23.8 Å². The second-order valence-corrected chi connectivity index (χ2v) is 3.17. The van der Waals surface area contributed by atoms with Gasteiger partial charge in [0.25, 0.3) is 0 Å². The lowest BCUT2D eigenvalue weighted by atomic mass is 10.4. The summed E-state index contributed by atoms with van der Waals surface area (Å²) < 4.78 is 6.89. The highest BCUT2D eigenvalue weighted by molar-refractivity contribution is 5.05. The average molecular weight is 192 g/mol. The van der Waals surface area contributed by atoms with E-state index in [4.69, 9.17) is 10.3 Å². The predicted molar refractivity (Wildman–Crippen MR) is 50.5 cm³/mol. The second kappa shape index (κ2) is 3.63. The molecule has 2 aromatic rings. The molecule has 74 valence electrons. The minimum absolute atomic E-state index is 0.463. The van der Waals surface area contributed by atoms with Crippen LogP contribution in [0.4, 0.5) is 0 Å². The number of hydrogen-bond donors (Lipinski definition) is 1. The molecule has 2 N–H and O–H groups in total. The Hall–Kier alpha value is -1.62. The summed E-state index contributed by atoms with van der Waals surface area (Å²) in [4.78, 5) is 4.12. The maximum atomic E-state index is 5.45. The Morgan fingerprint density at radius 3 is 2.93 bits per heavy atom. The Kier molecular flexibility index (Phi) is 2.32. The van der Waals surface area contributed by atoms with Crippen molar-refractivity contribution in [2.75, 3.05) is 0 Å². The summed E-state index contributed by atoms with van der Waals surface area (Å²) >= 11 is 0. The van der Waals surface area contributed by atoms with Crippen LogP contribution < -0.4 is 5.73 Å². The van der Waals surface area contributed by atoms with Gasteiger partial charge in [-0.25, -0.2) is 4.98 Å². The molecule has 0 aliphatic heterocycles. The van der Waals surface area contributed by atoms with Gasteiger partial charge in [-0.15, -0.1) is 0 Å². The van der Waals surface area contributed by atoms with Crippen molar-refractivity contribution in [3.05, 3.63) is 35.7 Å². The molecule has 0 radical (unpaired) electrons. The van der Waals surface area contributed by atoms with Crippen molar-refractivity contribution in [1.82, 2.24) is 14.7 Å². The summed E-state index contributed by atoms with van der Waals surface area (Å²) in [6.45, 7) is 3.00. The predicted octanol–water partition coefficient (Wildman–Crippen LogP) is 0.687. The monoisotopic (exact) mass is 192 g/mol. The first kappa shape index (κ1) is 8.96. The van der Waals surface area contributed by atoms with Crippen LogP contribution in [0.1, 0.15) is 17.1 Å². The fraction of sp³-hybridized carbons (Fsp3) is 0.333. The zero-order valence-corrected chi connectivity index (χ0v) is 7.97. The van der Waals surface area contributed by atoms with Gasteiger partial charge < -0.3 is 14.8 Å². The molecule has 0 spiro atoms. The van der Waals surface area contributed by atoms with Crippen LogP contribution in [-0.4, -0.2) is 14.7 Å². The van der Waals surface area contributed by atoms with Crippen LogP contribution in [0.15, 0.2) is 23.1 Å². The summed E-state index contributed by atoms with van der Waals surface area (Å²) in [5.74, 6) is 0.819. The molecule has 0 amide bonds. The van der Waals surface area contributed by atoms with E-state index in [-0.39, 0.29) is 0 Å². The zero-order chi connectivity index (χ0) is 9.97. The van der Waals surface area contributed by atoms with Crippen LogP contribution in [0.3, 0.4) is 0 Å². The number of nitrogens with two attached hydrogens (primary N) is 1. The Bertz CT molecular complexity index is 418. The third-order valence-electron chi connectivity index (χ3n) is 1.92. The van der Waals surface area contributed by atoms with Crippen LogP contribution >= 0.6 is 0 Å². The minimum atomic E-state index is 0.463. The van der Waals surface area contributed by atoms with Crippen molar-refractivity contribution < 1.29 is 4.52 Å². The Morgan fingerprint density at radius 2 is 2.36 bits per heavy atom. The molecule has 5 nitrogen and oxygen atoms in total. The first-order chi connectivity index (χ1) is 6.78. The van der Waals surface area contributed by atoms with E-state index in [1.165, 1.54) is 0 Å². The van der Waals surface area contributed by atoms with E-state index in [2.05, 4.69) is 10.1 Å². The van der Waals surface area contributed by atoms with E-state index >= 15 is 0 Å². The van der Waals surface area contributed by atoms with E-state index in [9.17, 15) is 0 Å². The Balaban J connectivity index is 2.10. The normalized spacial score (nSPS) is 10.7. The fourth-order valence-electron chi connectivity index (χ4n) is 1.28. The smallest absolute Gasteiger partial charge is 0.133 e. The zero-order valence-electron chi connectivity index (χ0n) is 7.97. The third-order valence-corrected chi connectivity index (χ3v) is 1.92. The van der Waals surface area contributed by atoms with E-state index < -0.39 is 0 Å². The molecule has 0 saturated heterocycles. The van der Waals surface area contributed by atoms with Gasteiger partial charge in [0.2, 0.25) is 0 Å². The highest BCUT2D eigenvalue weighted by Gasteiger charge is 2.02. The van der Waals surface area contributed by atoms with Crippen molar-refractivity contribution in [3.8, 4) is 0 Å². The van der Waals surface area contributed by atoms with E-state index in [0.717, 1.165) is 17.1 Å². The lowest BCUT2D eigenvalue weighted by Crippen LogP contribution is -1.98. The topological polar surface area (TPSA) is 69.9 Å². The van der Waals surface area contributed by atoms with Gasteiger partial charge >= 0.3 is 0 Å². The number of imidazole rings is 1. The molecule has 14 heavy (non-hydrogen) atoms. The summed E-state index contributed by atoms with van der Waals surface area (Å²) in [6.07, 6.45) is 3.65. The van der Waals surface area contributed by atoms with Crippen molar-refractivity contribution >= 4 is 0 Å². The summed E-state index contributed by atoms with van der Waals surface area (Å²) in [5, 5.41) is 3.89. The number of nitrogens with zero attached hydrogens (tertiary/aromatic N) is 3.